The van der Waals surface area contributed by atoms with Crippen LogP contribution in [0.25, 0.3) is 0 Å². The molecule has 2 aromatic heterocycles. The number of aromatic nitrogens is 3. The van der Waals surface area contributed by atoms with Crippen LogP contribution in [0.5, 0.6) is 0 Å². The van der Waals surface area contributed by atoms with Crippen LogP contribution in [0.1, 0.15) is 35.0 Å². The van der Waals surface area contributed by atoms with E-state index in [0.29, 0.717) is 25.3 Å². The number of aliphatic hydroxyl groups excluding tert-OH is 1. The maximum absolute atomic E-state index is 12.2. The summed E-state index contributed by atoms with van der Waals surface area (Å²) in [6.07, 6.45) is -0.639. The number of aromatic amines is 1. The molecule has 0 aromatic carbocycles. The van der Waals surface area contributed by atoms with Crippen LogP contribution in [0.2, 0.25) is 0 Å². The van der Waals surface area contributed by atoms with Crippen LogP contribution in [0.4, 0.5) is 0 Å². The number of aliphatic hydroxyl groups is 1. The second-order valence-corrected chi connectivity index (χ2v) is 4.76. The van der Waals surface area contributed by atoms with Gasteiger partial charge in [0.2, 0.25) is 5.76 Å². The van der Waals surface area contributed by atoms with Gasteiger partial charge in [0.25, 0.3) is 11.5 Å². The van der Waals surface area contributed by atoms with Crippen LogP contribution in [0, 0.1) is 0 Å². The van der Waals surface area contributed by atoms with E-state index in [4.69, 9.17) is 4.52 Å². The van der Waals surface area contributed by atoms with E-state index in [2.05, 4.69) is 10.3 Å². The second-order valence-electron chi connectivity index (χ2n) is 4.76. The summed E-state index contributed by atoms with van der Waals surface area (Å²) in [5.41, 5.74) is 0.993. The van der Waals surface area contributed by atoms with E-state index in [9.17, 15) is 14.7 Å². The zero-order valence-corrected chi connectivity index (χ0v) is 10.9. The van der Waals surface area contributed by atoms with Gasteiger partial charge in [-0.25, -0.2) is 0 Å². The normalized spacial score (nSPS) is 16.0. The number of amides is 1. The molecular weight excluding hydrogens is 264 g/mol. The summed E-state index contributed by atoms with van der Waals surface area (Å²) in [4.78, 5) is 24.7. The van der Waals surface area contributed by atoms with Crippen LogP contribution in [0.15, 0.2) is 21.5 Å². The molecule has 1 aliphatic heterocycles. The van der Waals surface area contributed by atoms with Crippen molar-refractivity contribution in [2.24, 2.45) is 0 Å². The molecule has 8 heteroatoms. The summed E-state index contributed by atoms with van der Waals surface area (Å²) in [5.74, 6) is -0.340. The number of fused-ring (bicyclic) bond motifs is 1. The van der Waals surface area contributed by atoms with Crippen molar-refractivity contribution in [2.75, 3.05) is 6.54 Å². The Bertz CT molecular complexity index is 696. The van der Waals surface area contributed by atoms with Gasteiger partial charge in [-0.2, -0.15) is 10.3 Å². The summed E-state index contributed by atoms with van der Waals surface area (Å²) < 4.78 is 6.60. The number of carbonyl (C=O) groups excluding carboxylic acids is 1. The Labute approximate surface area is 113 Å². The number of nitrogens with one attached hydrogen (secondary N) is 1. The standard InChI is InChI=1S/C12H14N4O4/c1-7(17)9-4-8-6-15(2-3-16(8)13-9)12(19)10-5-11(18)14-20-10/h4-5,7,17H,2-3,6H2,1H3,(H,14,18). The summed E-state index contributed by atoms with van der Waals surface area (Å²) in [5, 5.41) is 15.9. The van der Waals surface area contributed by atoms with E-state index in [-0.39, 0.29) is 11.7 Å². The monoisotopic (exact) mass is 278 g/mol. The maximum Gasteiger partial charge on any atom is 0.292 e. The van der Waals surface area contributed by atoms with Crippen LogP contribution < -0.4 is 5.56 Å². The predicted octanol–water partition coefficient (Wildman–Crippen LogP) is -0.126. The number of hydrogen-bond acceptors (Lipinski definition) is 5. The second kappa shape index (κ2) is 4.64. The van der Waals surface area contributed by atoms with Crippen molar-refractivity contribution >= 4 is 5.91 Å². The quantitative estimate of drug-likeness (QED) is 0.796. The van der Waals surface area contributed by atoms with Crippen molar-refractivity contribution in [1.29, 1.82) is 0 Å². The van der Waals surface area contributed by atoms with Crippen LogP contribution in [-0.2, 0) is 13.1 Å². The van der Waals surface area contributed by atoms with Gasteiger partial charge in [0.05, 0.1) is 36.6 Å². The third-order valence-corrected chi connectivity index (χ3v) is 3.27. The minimum absolute atomic E-state index is 0.00119. The largest absolute Gasteiger partial charge is 0.387 e. The SMILES string of the molecule is CC(O)c1cc2n(n1)CCN(C(=O)c1cc(=O)[nH]o1)C2. The van der Waals surface area contributed by atoms with Crippen molar-refractivity contribution in [3.63, 3.8) is 0 Å². The van der Waals surface area contributed by atoms with E-state index in [0.717, 1.165) is 11.8 Å². The van der Waals surface area contributed by atoms with Crippen molar-refractivity contribution < 1.29 is 14.4 Å². The molecule has 1 unspecified atom stereocenters. The highest BCUT2D eigenvalue weighted by Gasteiger charge is 2.26. The molecule has 3 heterocycles. The Balaban J connectivity index is 1.81. The lowest BCUT2D eigenvalue weighted by Gasteiger charge is -2.26. The van der Waals surface area contributed by atoms with E-state index in [1.165, 1.54) is 0 Å². The molecule has 2 aromatic rings. The van der Waals surface area contributed by atoms with Gasteiger partial charge < -0.3 is 14.5 Å². The fourth-order valence-electron chi connectivity index (χ4n) is 2.21. The zero-order valence-electron chi connectivity index (χ0n) is 10.9. The first-order valence-electron chi connectivity index (χ1n) is 6.27. The van der Waals surface area contributed by atoms with E-state index in [1.54, 1.807) is 22.6 Å². The van der Waals surface area contributed by atoms with Gasteiger partial charge in [0.15, 0.2) is 0 Å². The molecule has 20 heavy (non-hydrogen) atoms. The average Bonchev–Trinajstić information content (AvgIpc) is 3.02. The van der Waals surface area contributed by atoms with Gasteiger partial charge >= 0.3 is 0 Å². The Morgan fingerprint density at radius 2 is 2.30 bits per heavy atom. The minimum atomic E-state index is -0.639. The summed E-state index contributed by atoms with van der Waals surface area (Å²) in [6.45, 7) is 3.03. The number of carbonyl (C=O) groups is 1. The molecule has 1 amide bonds. The van der Waals surface area contributed by atoms with Crippen LogP contribution >= 0.6 is 0 Å². The van der Waals surface area contributed by atoms with Gasteiger partial charge in [0, 0.05) is 6.54 Å². The fraction of sp³-hybridized carbons (Fsp3) is 0.417. The molecule has 2 N–H and O–H groups in total. The third-order valence-electron chi connectivity index (χ3n) is 3.27. The third kappa shape index (κ3) is 2.14. The predicted molar refractivity (Wildman–Crippen MR) is 66.9 cm³/mol. The lowest BCUT2D eigenvalue weighted by atomic mass is 10.2. The fourth-order valence-corrected chi connectivity index (χ4v) is 2.21. The Kier molecular flexibility index (Phi) is 2.94. The molecule has 0 aliphatic carbocycles. The average molecular weight is 278 g/mol. The molecule has 0 saturated carbocycles. The first-order valence-corrected chi connectivity index (χ1v) is 6.27. The van der Waals surface area contributed by atoms with Gasteiger partial charge in [-0.1, -0.05) is 0 Å². The molecule has 0 radical (unpaired) electrons. The smallest absolute Gasteiger partial charge is 0.292 e. The van der Waals surface area contributed by atoms with Crippen molar-refractivity contribution in [2.45, 2.75) is 26.1 Å². The highest BCUT2D eigenvalue weighted by Crippen LogP contribution is 2.19. The van der Waals surface area contributed by atoms with Crippen molar-refractivity contribution in [1.82, 2.24) is 19.8 Å². The molecule has 3 rings (SSSR count). The lowest BCUT2D eigenvalue weighted by Crippen LogP contribution is -2.38. The molecule has 1 atom stereocenters. The molecule has 0 bridgehead atoms. The first kappa shape index (κ1) is 12.7. The minimum Gasteiger partial charge on any atom is -0.387 e. The zero-order chi connectivity index (χ0) is 14.3. The highest BCUT2D eigenvalue weighted by molar-refractivity contribution is 5.91. The number of H-pyrrole nitrogens is 1. The first-order chi connectivity index (χ1) is 9.54. The Hall–Kier alpha value is -2.35. The summed E-state index contributed by atoms with van der Waals surface area (Å²) >= 11 is 0. The van der Waals surface area contributed by atoms with Gasteiger partial charge in [-0.05, 0) is 13.0 Å². The number of hydrogen-bond donors (Lipinski definition) is 2. The van der Waals surface area contributed by atoms with Crippen LogP contribution in [0.3, 0.4) is 0 Å². The lowest BCUT2D eigenvalue weighted by molar-refractivity contribution is 0.0663. The summed E-state index contributed by atoms with van der Waals surface area (Å²) in [7, 11) is 0. The molecule has 106 valence electrons. The molecule has 0 saturated heterocycles. The molecular formula is C12H14N4O4. The highest BCUT2D eigenvalue weighted by atomic mass is 16.5. The van der Waals surface area contributed by atoms with Gasteiger partial charge in [-0.15, -0.1) is 0 Å². The van der Waals surface area contributed by atoms with Crippen LogP contribution in [-0.4, -0.2) is 37.4 Å². The topological polar surface area (TPSA) is 104 Å². The Morgan fingerprint density at radius 3 is 2.95 bits per heavy atom. The van der Waals surface area contributed by atoms with Gasteiger partial charge in [0.1, 0.15) is 0 Å². The molecule has 1 aliphatic rings. The van der Waals surface area contributed by atoms with E-state index >= 15 is 0 Å². The van der Waals surface area contributed by atoms with E-state index < -0.39 is 11.7 Å². The van der Waals surface area contributed by atoms with Crippen molar-refractivity contribution in [3.8, 4) is 0 Å². The molecule has 0 spiro atoms. The summed E-state index contributed by atoms with van der Waals surface area (Å²) in [6, 6.07) is 2.91. The van der Waals surface area contributed by atoms with E-state index in [1.807, 2.05) is 0 Å². The Morgan fingerprint density at radius 1 is 1.50 bits per heavy atom. The number of rotatable bonds is 2. The molecule has 8 nitrogen and oxygen atoms in total. The van der Waals surface area contributed by atoms with Gasteiger partial charge in [-0.3, -0.25) is 14.3 Å². The molecule has 0 fully saturated rings. The number of nitrogens with zero attached hydrogens (tertiary/aromatic N) is 3. The maximum atomic E-state index is 12.2. The van der Waals surface area contributed by atoms with Crippen molar-refractivity contribution in [3.05, 3.63) is 39.6 Å².